The van der Waals surface area contributed by atoms with Crippen LogP contribution in [0.25, 0.3) is 0 Å². The number of ether oxygens (including phenoxy) is 1. The van der Waals surface area contributed by atoms with Crippen LogP contribution in [-0.2, 0) is 5.60 Å². The highest BCUT2D eigenvalue weighted by Gasteiger charge is 2.35. The van der Waals surface area contributed by atoms with Gasteiger partial charge in [-0.25, -0.2) is 4.79 Å². The Balaban J connectivity index is 1.56. The van der Waals surface area contributed by atoms with E-state index in [4.69, 9.17) is 4.74 Å². The number of carbonyl (C=O) groups excluding carboxylic acids is 1. The molecule has 3 N–H and O–H groups in total. The lowest BCUT2D eigenvalue weighted by atomic mass is 9.78. The van der Waals surface area contributed by atoms with Crippen LogP contribution in [0.5, 0.6) is 5.75 Å². The molecule has 2 aromatic rings. The summed E-state index contributed by atoms with van der Waals surface area (Å²) >= 11 is 0. The molecule has 0 spiro atoms. The van der Waals surface area contributed by atoms with Crippen molar-refractivity contribution >= 4 is 6.03 Å². The van der Waals surface area contributed by atoms with Gasteiger partial charge >= 0.3 is 6.03 Å². The summed E-state index contributed by atoms with van der Waals surface area (Å²) in [4.78, 5) is 16.7. The van der Waals surface area contributed by atoms with E-state index in [1.165, 1.54) is 0 Å². The van der Waals surface area contributed by atoms with Crippen molar-refractivity contribution in [3.8, 4) is 5.75 Å². The summed E-state index contributed by atoms with van der Waals surface area (Å²) in [6, 6.07) is 11.3. The lowest BCUT2D eigenvalue weighted by Crippen LogP contribution is -2.46. The van der Waals surface area contributed by atoms with E-state index >= 15 is 0 Å². The van der Waals surface area contributed by atoms with Crippen LogP contribution in [0.15, 0.2) is 48.8 Å². The number of urea groups is 1. The number of carbonyl (C=O) groups is 1. The van der Waals surface area contributed by atoms with Crippen LogP contribution in [0.2, 0.25) is 0 Å². The van der Waals surface area contributed by atoms with Crippen molar-refractivity contribution in [2.24, 2.45) is 0 Å². The number of nitrogens with zero attached hydrogens (tertiary/aromatic N) is 1. The average Bonchev–Trinajstić information content (AvgIpc) is 2.75. The van der Waals surface area contributed by atoms with E-state index < -0.39 is 5.60 Å². The second-order valence-corrected chi connectivity index (χ2v) is 7.60. The van der Waals surface area contributed by atoms with Gasteiger partial charge in [0.2, 0.25) is 0 Å². The number of rotatable bonds is 7. The molecule has 0 radical (unpaired) electrons. The van der Waals surface area contributed by atoms with Crippen molar-refractivity contribution in [2.45, 2.75) is 63.6 Å². The third-order valence-corrected chi connectivity index (χ3v) is 5.65. The number of amides is 2. The molecular weight excluding hydrogens is 366 g/mol. The Kier molecular flexibility index (Phi) is 7.09. The highest BCUT2D eigenvalue weighted by Crippen LogP contribution is 2.36. The number of aromatic nitrogens is 1. The second-order valence-electron chi connectivity index (χ2n) is 7.60. The number of para-hydroxylation sites is 1. The smallest absolute Gasteiger partial charge is 0.315 e. The van der Waals surface area contributed by atoms with E-state index in [1.54, 1.807) is 12.4 Å². The van der Waals surface area contributed by atoms with E-state index in [1.807, 2.05) is 50.2 Å². The molecule has 1 saturated carbocycles. The summed E-state index contributed by atoms with van der Waals surface area (Å²) in [5, 5.41) is 17.1. The normalized spacial score (nSPS) is 22.5. The molecule has 0 bridgehead atoms. The van der Waals surface area contributed by atoms with Gasteiger partial charge in [-0.3, -0.25) is 4.98 Å². The van der Waals surface area contributed by atoms with Crippen LogP contribution in [0.1, 0.15) is 63.1 Å². The summed E-state index contributed by atoms with van der Waals surface area (Å²) in [7, 11) is 0. The van der Waals surface area contributed by atoms with E-state index in [2.05, 4.69) is 15.6 Å². The van der Waals surface area contributed by atoms with Gasteiger partial charge in [0.15, 0.2) is 0 Å². The Morgan fingerprint density at radius 2 is 2.00 bits per heavy atom. The summed E-state index contributed by atoms with van der Waals surface area (Å²) in [6.07, 6.45) is 6.86. The Morgan fingerprint density at radius 1 is 1.24 bits per heavy atom. The van der Waals surface area contributed by atoms with Crippen molar-refractivity contribution in [1.82, 2.24) is 15.6 Å². The average molecular weight is 398 g/mol. The van der Waals surface area contributed by atoms with Crippen LogP contribution >= 0.6 is 0 Å². The first-order valence-corrected chi connectivity index (χ1v) is 10.5. The monoisotopic (exact) mass is 397 g/mol. The van der Waals surface area contributed by atoms with Gasteiger partial charge in [0.1, 0.15) is 5.75 Å². The molecule has 1 aromatic carbocycles. The highest BCUT2D eigenvalue weighted by molar-refractivity contribution is 5.75. The molecule has 1 heterocycles. The predicted molar refractivity (Wildman–Crippen MR) is 113 cm³/mol. The van der Waals surface area contributed by atoms with Crippen LogP contribution in [-0.4, -0.2) is 28.8 Å². The Bertz CT molecular complexity index is 789. The molecule has 2 amide bonds. The molecule has 0 saturated heterocycles. The number of hydrogen-bond donors (Lipinski definition) is 3. The Hall–Kier alpha value is -2.60. The summed E-state index contributed by atoms with van der Waals surface area (Å²) in [6.45, 7) is 4.58. The molecule has 1 fully saturated rings. The van der Waals surface area contributed by atoms with Crippen molar-refractivity contribution in [3.05, 3.63) is 59.9 Å². The van der Waals surface area contributed by atoms with Gasteiger partial charge in [0.05, 0.1) is 18.2 Å². The molecule has 1 aromatic heterocycles. The minimum Gasteiger partial charge on any atom is -0.494 e. The Labute approximate surface area is 172 Å². The lowest BCUT2D eigenvalue weighted by Gasteiger charge is -2.36. The number of nitrogens with one attached hydrogen (secondary N) is 2. The van der Waals surface area contributed by atoms with Gasteiger partial charge in [0, 0.05) is 29.6 Å². The van der Waals surface area contributed by atoms with E-state index in [9.17, 15) is 9.90 Å². The maximum absolute atomic E-state index is 12.6. The maximum atomic E-state index is 12.6. The zero-order valence-electron chi connectivity index (χ0n) is 17.2. The molecule has 1 unspecified atom stereocenters. The standard InChI is InChI=1S/C23H31N3O3/c1-3-20(19-9-5-6-10-21(19)29-4-2)26-22(27)25-18-11-13-23(28,14-12-18)17-8-7-15-24-16-17/h5-10,15-16,18,20,28H,3-4,11-14H2,1-2H3,(H2,25,26,27). The fourth-order valence-electron chi connectivity index (χ4n) is 4.01. The van der Waals surface area contributed by atoms with Crippen LogP contribution in [0.3, 0.4) is 0 Å². The molecule has 6 nitrogen and oxygen atoms in total. The van der Waals surface area contributed by atoms with Gasteiger partial charge in [-0.05, 0) is 51.2 Å². The molecule has 1 aliphatic carbocycles. The number of hydrogen-bond acceptors (Lipinski definition) is 4. The first-order chi connectivity index (χ1) is 14.1. The third-order valence-electron chi connectivity index (χ3n) is 5.65. The first-order valence-electron chi connectivity index (χ1n) is 10.5. The largest absolute Gasteiger partial charge is 0.494 e. The zero-order chi connectivity index (χ0) is 20.7. The molecule has 3 rings (SSSR count). The molecular formula is C23H31N3O3. The zero-order valence-corrected chi connectivity index (χ0v) is 17.2. The van der Waals surface area contributed by atoms with Gasteiger partial charge in [0.25, 0.3) is 0 Å². The molecule has 1 aliphatic rings. The molecule has 29 heavy (non-hydrogen) atoms. The lowest BCUT2D eigenvalue weighted by molar-refractivity contribution is -0.00764. The van der Waals surface area contributed by atoms with E-state index in [0.29, 0.717) is 19.4 Å². The van der Waals surface area contributed by atoms with Gasteiger partial charge in [-0.1, -0.05) is 31.2 Å². The van der Waals surface area contributed by atoms with Crippen molar-refractivity contribution in [1.29, 1.82) is 0 Å². The van der Waals surface area contributed by atoms with Crippen molar-refractivity contribution < 1.29 is 14.6 Å². The second kappa shape index (κ2) is 9.74. The van der Waals surface area contributed by atoms with E-state index in [-0.39, 0.29) is 18.1 Å². The summed E-state index contributed by atoms with van der Waals surface area (Å²) in [5.74, 6) is 0.807. The first kappa shape index (κ1) is 21.1. The fraction of sp³-hybridized carbons (Fsp3) is 0.478. The van der Waals surface area contributed by atoms with Gasteiger partial charge in [-0.15, -0.1) is 0 Å². The van der Waals surface area contributed by atoms with Gasteiger partial charge in [-0.2, -0.15) is 0 Å². The maximum Gasteiger partial charge on any atom is 0.315 e. The van der Waals surface area contributed by atoms with Crippen LogP contribution < -0.4 is 15.4 Å². The van der Waals surface area contributed by atoms with E-state index in [0.717, 1.165) is 36.1 Å². The van der Waals surface area contributed by atoms with Gasteiger partial charge < -0.3 is 20.5 Å². The predicted octanol–water partition coefficient (Wildman–Crippen LogP) is 4.06. The molecule has 1 atom stereocenters. The van der Waals surface area contributed by atoms with Crippen LogP contribution in [0, 0.1) is 0 Å². The molecule has 6 heteroatoms. The topological polar surface area (TPSA) is 83.5 Å². The van der Waals surface area contributed by atoms with Crippen molar-refractivity contribution in [2.75, 3.05) is 6.61 Å². The Morgan fingerprint density at radius 3 is 2.66 bits per heavy atom. The minimum atomic E-state index is -0.856. The fourth-order valence-corrected chi connectivity index (χ4v) is 4.01. The quantitative estimate of drug-likeness (QED) is 0.658. The summed E-state index contributed by atoms with van der Waals surface area (Å²) in [5.41, 5.74) is 0.980. The van der Waals surface area contributed by atoms with Crippen molar-refractivity contribution in [3.63, 3.8) is 0 Å². The number of pyridine rings is 1. The number of aliphatic hydroxyl groups is 1. The summed E-state index contributed by atoms with van der Waals surface area (Å²) < 4.78 is 5.71. The SMILES string of the molecule is CCOc1ccccc1C(CC)NC(=O)NC1CCC(O)(c2cccnc2)CC1. The van der Waals surface area contributed by atoms with Crippen LogP contribution in [0.4, 0.5) is 4.79 Å². The number of benzene rings is 1. The third kappa shape index (κ3) is 5.26. The minimum absolute atomic E-state index is 0.0478. The highest BCUT2D eigenvalue weighted by atomic mass is 16.5. The molecule has 156 valence electrons. The molecule has 0 aliphatic heterocycles.